The van der Waals surface area contributed by atoms with Crippen LogP contribution in [-0.2, 0) is 6.42 Å². The van der Waals surface area contributed by atoms with E-state index < -0.39 is 0 Å². The van der Waals surface area contributed by atoms with E-state index in [9.17, 15) is 0 Å². The van der Waals surface area contributed by atoms with Crippen molar-refractivity contribution in [3.63, 3.8) is 0 Å². The van der Waals surface area contributed by atoms with Crippen molar-refractivity contribution in [1.29, 1.82) is 0 Å². The molecule has 0 saturated carbocycles. The lowest BCUT2D eigenvalue weighted by molar-refractivity contribution is 0.416. The Hall–Kier alpha value is -0.650. The number of nitrogens with one attached hydrogen (secondary N) is 1. The maximum Gasteiger partial charge on any atom is 0.169 e. The first kappa shape index (κ1) is 12.8. The predicted molar refractivity (Wildman–Crippen MR) is 73.8 cm³/mol. The number of aromatic nitrogens is 1. The minimum Gasteiger partial charge on any atom is -0.453 e. The number of nitrogens with zero attached hydrogens (tertiary/aromatic N) is 1. The van der Waals surface area contributed by atoms with Crippen molar-refractivity contribution >= 4 is 31.9 Å². The van der Waals surface area contributed by atoms with Gasteiger partial charge < -0.3 is 9.73 Å². The standard InChI is InChI=1S/C12H12Br2N2O/c1-15-10(11-2-3-12(14)17-11)5-8-4-9(13)7-16-6-8/h2-4,6-7,10,15H,5H2,1H3. The molecule has 3 nitrogen and oxygen atoms in total. The van der Waals surface area contributed by atoms with Gasteiger partial charge in [0.1, 0.15) is 5.76 Å². The Morgan fingerprint density at radius 1 is 1.35 bits per heavy atom. The fourth-order valence-corrected chi connectivity index (χ4v) is 2.39. The summed E-state index contributed by atoms with van der Waals surface area (Å²) in [6.45, 7) is 0. The Balaban J connectivity index is 2.15. The molecule has 1 N–H and O–H groups in total. The van der Waals surface area contributed by atoms with Crippen LogP contribution in [0.25, 0.3) is 0 Å². The van der Waals surface area contributed by atoms with E-state index in [1.165, 1.54) is 0 Å². The molecule has 0 amide bonds. The van der Waals surface area contributed by atoms with E-state index in [1.54, 1.807) is 6.20 Å². The summed E-state index contributed by atoms with van der Waals surface area (Å²) in [6, 6.07) is 6.09. The molecule has 0 saturated heterocycles. The van der Waals surface area contributed by atoms with E-state index in [1.807, 2.05) is 25.4 Å². The zero-order chi connectivity index (χ0) is 12.3. The third-order valence-electron chi connectivity index (χ3n) is 2.49. The summed E-state index contributed by atoms with van der Waals surface area (Å²) >= 11 is 6.73. The van der Waals surface area contributed by atoms with Crippen LogP contribution in [-0.4, -0.2) is 12.0 Å². The first-order valence-corrected chi connectivity index (χ1v) is 6.79. The van der Waals surface area contributed by atoms with Crippen molar-refractivity contribution in [3.8, 4) is 0 Å². The van der Waals surface area contributed by atoms with Crippen LogP contribution in [0.2, 0.25) is 0 Å². The van der Waals surface area contributed by atoms with Gasteiger partial charge in [-0.2, -0.15) is 0 Å². The molecule has 0 spiro atoms. The number of likely N-dealkylation sites (N-methyl/N-ethyl adjacent to an activating group) is 1. The van der Waals surface area contributed by atoms with Crippen molar-refractivity contribution in [3.05, 3.63) is 51.1 Å². The van der Waals surface area contributed by atoms with Gasteiger partial charge in [-0.05, 0) is 69.1 Å². The van der Waals surface area contributed by atoms with Gasteiger partial charge in [0.15, 0.2) is 4.67 Å². The van der Waals surface area contributed by atoms with Crippen LogP contribution in [0.3, 0.4) is 0 Å². The average molecular weight is 360 g/mol. The zero-order valence-corrected chi connectivity index (χ0v) is 12.5. The number of hydrogen-bond acceptors (Lipinski definition) is 3. The fraction of sp³-hybridized carbons (Fsp3) is 0.250. The van der Waals surface area contributed by atoms with Crippen LogP contribution in [0.1, 0.15) is 17.4 Å². The maximum atomic E-state index is 5.56. The van der Waals surface area contributed by atoms with Crippen molar-refractivity contribution < 1.29 is 4.42 Å². The van der Waals surface area contributed by atoms with Crippen LogP contribution in [0, 0.1) is 0 Å². The van der Waals surface area contributed by atoms with Crippen LogP contribution in [0.5, 0.6) is 0 Å². The van der Waals surface area contributed by atoms with Crippen LogP contribution in [0.15, 0.2) is 44.2 Å². The smallest absolute Gasteiger partial charge is 0.169 e. The van der Waals surface area contributed by atoms with Gasteiger partial charge in [0.05, 0.1) is 6.04 Å². The highest BCUT2D eigenvalue weighted by molar-refractivity contribution is 9.10. The lowest BCUT2D eigenvalue weighted by Gasteiger charge is -2.13. The molecule has 0 aliphatic rings. The molecular weight excluding hydrogens is 348 g/mol. The predicted octanol–water partition coefficient (Wildman–Crippen LogP) is 3.70. The summed E-state index contributed by atoms with van der Waals surface area (Å²) < 4.78 is 7.30. The quantitative estimate of drug-likeness (QED) is 0.904. The van der Waals surface area contributed by atoms with Gasteiger partial charge in [-0.3, -0.25) is 4.98 Å². The molecule has 2 heterocycles. The topological polar surface area (TPSA) is 38.1 Å². The SMILES string of the molecule is CNC(Cc1cncc(Br)c1)c1ccc(Br)o1. The van der Waals surface area contributed by atoms with Crippen LogP contribution in [0.4, 0.5) is 0 Å². The van der Waals surface area contributed by atoms with Gasteiger partial charge in [0.25, 0.3) is 0 Å². The fourth-order valence-electron chi connectivity index (χ4n) is 1.66. The highest BCUT2D eigenvalue weighted by Crippen LogP contribution is 2.23. The summed E-state index contributed by atoms with van der Waals surface area (Å²) in [5.74, 6) is 0.916. The van der Waals surface area contributed by atoms with E-state index in [0.29, 0.717) is 0 Å². The molecule has 5 heteroatoms. The molecule has 1 atom stereocenters. The monoisotopic (exact) mass is 358 g/mol. The van der Waals surface area contributed by atoms with Gasteiger partial charge >= 0.3 is 0 Å². The van der Waals surface area contributed by atoms with Crippen LogP contribution < -0.4 is 5.32 Å². The van der Waals surface area contributed by atoms with E-state index >= 15 is 0 Å². The largest absolute Gasteiger partial charge is 0.453 e. The minimum atomic E-state index is 0.150. The van der Waals surface area contributed by atoms with Crippen LogP contribution >= 0.6 is 31.9 Å². The number of halogens is 2. The van der Waals surface area contributed by atoms with Gasteiger partial charge in [0, 0.05) is 16.9 Å². The van der Waals surface area contributed by atoms with Gasteiger partial charge in [0.2, 0.25) is 0 Å². The molecule has 1 unspecified atom stereocenters. The third kappa shape index (κ3) is 3.40. The summed E-state index contributed by atoms with van der Waals surface area (Å²) in [7, 11) is 1.92. The molecule has 0 aliphatic carbocycles. The van der Waals surface area contributed by atoms with Gasteiger partial charge in [-0.1, -0.05) is 0 Å². The third-order valence-corrected chi connectivity index (χ3v) is 3.35. The first-order valence-electron chi connectivity index (χ1n) is 5.21. The highest BCUT2D eigenvalue weighted by Gasteiger charge is 2.14. The van der Waals surface area contributed by atoms with Gasteiger partial charge in [-0.25, -0.2) is 0 Å². The Bertz CT molecular complexity index is 499. The summed E-state index contributed by atoms with van der Waals surface area (Å²) in [6.07, 6.45) is 4.48. The molecule has 0 radical (unpaired) electrons. The first-order chi connectivity index (χ1) is 8.19. The molecular formula is C12H12Br2N2O. The Morgan fingerprint density at radius 2 is 2.18 bits per heavy atom. The molecule has 0 fully saturated rings. The van der Waals surface area contributed by atoms with E-state index in [4.69, 9.17) is 4.42 Å². The number of rotatable bonds is 4. The average Bonchev–Trinajstić information content (AvgIpc) is 2.73. The number of furan rings is 1. The number of hydrogen-bond donors (Lipinski definition) is 1. The molecule has 2 rings (SSSR count). The maximum absolute atomic E-state index is 5.56. The molecule has 0 bridgehead atoms. The van der Waals surface area contributed by atoms with Gasteiger partial charge in [-0.15, -0.1) is 0 Å². The molecule has 17 heavy (non-hydrogen) atoms. The Labute approximate surface area is 117 Å². The van der Waals surface area contributed by atoms with E-state index in [-0.39, 0.29) is 6.04 Å². The molecule has 2 aromatic rings. The zero-order valence-electron chi connectivity index (χ0n) is 9.28. The number of pyridine rings is 1. The second-order valence-corrected chi connectivity index (χ2v) is 5.40. The molecule has 2 aromatic heterocycles. The molecule has 0 aromatic carbocycles. The lowest BCUT2D eigenvalue weighted by Crippen LogP contribution is -2.18. The van der Waals surface area contributed by atoms with E-state index in [2.05, 4.69) is 48.2 Å². The minimum absolute atomic E-state index is 0.150. The van der Waals surface area contributed by atoms with E-state index in [0.717, 1.165) is 26.9 Å². The normalized spacial score (nSPS) is 12.6. The Morgan fingerprint density at radius 3 is 2.76 bits per heavy atom. The summed E-state index contributed by atoms with van der Waals surface area (Å²) in [5.41, 5.74) is 1.16. The lowest BCUT2D eigenvalue weighted by atomic mass is 10.1. The highest BCUT2D eigenvalue weighted by atomic mass is 79.9. The van der Waals surface area contributed by atoms with Crippen molar-refractivity contribution in [2.24, 2.45) is 0 Å². The summed E-state index contributed by atoms with van der Waals surface area (Å²) in [4.78, 5) is 4.16. The molecule has 90 valence electrons. The second kappa shape index (κ2) is 5.80. The molecule has 0 aliphatic heterocycles. The van der Waals surface area contributed by atoms with Crippen molar-refractivity contribution in [2.45, 2.75) is 12.5 Å². The van der Waals surface area contributed by atoms with Crippen molar-refractivity contribution in [2.75, 3.05) is 7.05 Å². The van der Waals surface area contributed by atoms with Crippen molar-refractivity contribution in [1.82, 2.24) is 10.3 Å². The second-order valence-electron chi connectivity index (χ2n) is 3.70. The Kier molecular flexibility index (Phi) is 4.36. The summed E-state index contributed by atoms with van der Waals surface area (Å²) in [5, 5.41) is 3.24.